The highest BCUT2D eigenvalue weighted by atomic mass is 32.1. The van der Waals surface area contributed by atoms with Gasteiger partial charge >= 0.3 is 0 Å². The molecule has 0 radical (unpaired) electrons. The monoisotopic (exact) mass is 308 g/mol. The van der Waals surface area contributed by atoms with Gasteiger partial charge in [-0.05, 0) is 35.2 Å². The highest BCUT2D eigenvalue weighted by molar-refractivity contribution is 7.12. The Kier molecular flexibility index (Phi) is 4.51. The summed E-state index contributed by atoms with van der Waals surface area (Å²) in [4.78, 5) is 12.8. The van der Waals surface area contributed by atoms with Gasteiger partial charge < -0.3 is 10.6 Å². The Labute approximate surface area is 133 Å². The Balaban J connectivity index is 1.64. The number of nitrogens with one attached hydrogen (secondary N) is 2. The predicted octanol–water partition coefficient (Wildman–Crippen LogP) is 4.61. The SMILES string of the molecule is O=C(Nc1cccc(NCc2ccccc2)c1)c1cccs1. The molecule has 0 aliphatic heterocycles. The van der Waals surface area contributed by atoms with Crippen molar-refractivity contribution in [1.29, 1.82) is 0 Å². The molecule has 1 heterocycles. The number of amides is 1. The maximum Gasteiger partial charge on any atom is 0.265 e. The second kappa shape index (κ2) is 6.91. The van der Waals surface area contributed by atoms with E-state index in [1.807, 2.05) is 60.0 Å². The van der Waals surface area contributed by atoms with Crippen molar-refractivity contribution in [1.82, 2.24) is 0 Å². The fraction of sp³-hybridized carbons (Fsp3) is 0.0556. The fourth-order valence-corrected chi connectivity index (χ4v) is 2.73. The Morgan fingerprint density at radius 1 is 0.909 bits per heavy atom. The van der Waals surface area contributed by atoms with Gasteiger partial charge in [0.05, 0.1) is 4.88 Å². The van der Waals surface area contributed by atoms with Crippen molar-refractivity contribution < 1.29 is 4.79 Å². The van der Waals surface area contributed by atoms with Gasteiger partial charge in [-0.3, -0.25) is 4.79 Å². The van der Waals surface area contributed by atoms with E-state index in [2.05, 4.69) is 22.8 Å². The van der Waals surface area contributed by atoms with Crippen molar-refractivity contribution in [2.24, 2.45) is 0 Å². The molecule has 3 aromatic rings. The minimum Gasteiger partial charge on any atom is -0.381 e. The molecule has 22 heavy (non-hydrogen) atoms. The van der Waals surface area contributed by atoms with E-state index >= 15 is 0 Å². The molecule has 0 aliphatic rings. The van der Waals surface area contributed by atoms with E-state index in [-0.39, 0.29) is 5.91 Å². The molecule has 0 aliphatic carbocycles. The molecular formula is C18H16N2OS. The van der Waals surface area contributed by atoms with Crippen molar-refractivity contribution in [2.45, 2.75) is 6.54 Å². The predicted molar refractivity (Wildman–Crippen MR) is 92.5 cm³/mol. The van der Waals surface area contributed by atoms with Gasteiger partial charge in [-0.2, -0.15) is 0 Å². The molecule has 3 nitrogen and oxygen atoms in total. The molecular weight excluding hydrogens is 292 g/mol. The lowest BCUT2D eigenvalue weighted by Crippen LogP contribution is -2.10. The molecule has 0 spiro atoms. The van der Waals surface area contributed by atoms with Crippen LogP contribution in [0.2, 0.25) is 0 Å². The van der Waals surface area contributed by atoms with Crippen LogP contribution in [0, 0.1) is 0 Å². The van der Waals surface area contributed by atoms with Crippen LogP contribution < -0.4 is 10.6 Å². The second-order valence-electron chi connectivity index (χ2n) is 4.85. The molecule has 2 aromatic carbocycles. The van der Waals surface area contributed by atoms with E-state index in [1.165, 1.54) is 16.9 Å². The molecule has 0 saturated carbocycles. The minimum absolute atomic E-state index is 0.0739. The molecule has 0 unspecified atom stereocenters. The standard InChI is InChI=1S/C18H16N2OS/c21-18(17-10-5-11-22-17)20-16-9-4-8-15(12-16)19-13-14-6-2-1-3-7-14/h1-12,19H,13H2,(H,20,21). The van der Waals surface area contributed by atoms with Gasteiger partial charge in [0.1, 0.15) is 0 Å². The molecule has 1 aromatic heterocycles. The number of carbonyl (C=O) groups is 1. The van der Waals surface area contributed by atoms with E-state index in [1.54, 1.807) is 0 Å². The van der Waals surface area contributed by atoms with Gasteiger partial charge in [0.15, 0.2) is 0 Å². The molecule has 0 fully saturated rings. The molecule has 3 rings (SSSR count). The van der Waals surface area contributed by atoms with Crippen LogP contribution in [0.3, 0.4) is 0 Å². The van der Waals surface area contributed by atoms with Gasteiger partial charge in [0.2, 0.25) is 0 Å². The van der Waals surface area contributed by atoms with Crippen molar-refractivity contribution in [3.63, 3.8) is 0 Å². The number of benzene rings is 2. The maximum atomic E-state index is 12.0. The van der Waals surface area contributed by atoms with Crippen LogP contribution in [0.1, 0.15) is 15.2 Å². The molecule has 0 saturated heterocycles. The van der Waals surface area contributed by atoms with E-state index in [9.17, 15) is 4.79 Å². The van der Waals surface area contributed by atoms with Gasteiger partial charge in [-0.15, -0.1) is 11.3 Å². The first-order valence-corrected chi connectivity index (χ1v) is 7.92. The van der Waals surface area contributed by atoms with Crippen molar-refractivity contribution in [3.05, 3.63) is 82.6 Å². The lowest BCUT2D eigenvalue weighted by Gasteiger charge is -2.09. The number of thiophene rings is 1. The van der Waals surface area contributed by atoms with Gasteiger partial charge in [-0.25, -0.2) is 0 Å². The number of hydrogen-bond acceptors (Lipinski definition) is 3. The first kappa shape index (κ1) is 14.4. The van der Waals surface area contributed by atoms with Crippen molar-refractivity contribution >= 4 is 28.6 Å². The lowest BCUT2D eigenvalue weighted by molar-refractivity contribution is 0.103. The summed E-state index contributed by atoms with van der Waals surface area (Å²) in [6.45, 7) is 0.753. The zero-order valence-corrected chi connectivity index (χ0v) is 12.8. The van der Waals surface area contributed by atoms with E-state index in [4.69, 9.17) is 0 Å². The summed E-state index contributed by atoms with van der Waals surface area (Å²) >= 11 is 1.43. The highest BCUT2D eigenvalue weighted by Gasteiger charge is 2.06. The summed E-state index contributed by atoms with van der Waals surface area (Å²) in [6, 6.07) is 21.6. The smallest absolute Gasteiger partial charge is 0.265 e. The van der Waals surface area contributed by atoms with Gasteiger partial charge in [0, 0.05) is 17.9 Å². The Morgan fingerprint density at radius 3 is 2.50 bits per heavy atom. The number of rotatable bonds is 5. The van der Waals surface area contributed by atoms with Gasteiger partial charge in [0.25, 0.3) is 5.91 Å². The lowest BCUT2D eigenvalue weighted by atomic mass is 10.2. The first-order chi connectivity index (χ1) is 10.8. The molecule has 1 amide bonds. The van der Waals surface area contributed by atoms with Gasteiger partial charge in [-0.1, -0.05) is 42.5 Å². The average molecular weight is 308 g/mol. The topological polar surface area (TPSA) is 41.1 Å². The second-order valence-corrected chi connectivity index (χ2v) is 5.80. The van der Waals surface area contributed by atoms with Crippen LogP contribution in [0.4, 0.5) is 11.4 Å². The van der Waals surface area contributed by atoms with Crippen LogP contribution >= 0.6 is 11.3 Å². The fourth-order valence-electron chi connectivity index (χ4n) is 2.11. The van der Waals surface area contributed by atoms with Crippen LogP contribution in [0.15, 0.2) is 72.1 Å². The summed E-state index contributed by atoms with van der Waals surface area (Å²) in [7, 11) is 0. The minimum atomic E-state index is -0.0739. The van der Waals surface area contributed by atoms with E-state index in [0.29, 0.717) is 4.88 Å². The summed E-state index contributed by atoms with van der Waals surface area (Å²) < 4.78 is 0. The van der Waals surface area contributed by atoms with Crippen molar-refractivity contribution in [2.75, 3.05) is 10.6 Å². The molecule has 2 N–H and O–H groups in total. The van der Waals surface area contributed by atoms with Crippen molar-refractivity contribution in [3.8, 4) is 0 Å². The third kappa shape index (κ3) is 3.74. The zero-order valence-electron chi connectivity index (χ0n) is 12.0. The molecule has 110 valence electrons. The Bertz CT molecular complexity index is 739. The summed E-state index contributed by atoms with van der Waals surface area (Å²) in [5.74, 6) is -0.0739. The number of hydrogen-bond donors (Lipinski definition) is 2. The summed E-state index contributed by atoms with van der Waals surface area (Å²) in [5.41, 5.74) is 2.99. The highest BCUT2D eigenvalue weighted by Crippen LogP contribution is 2.18. The van der Waals surface area contributed by atoms with E-state index < -0.39 is 0 Å². The third-order valence-corrected chi connectivity index (χ3v) is 4.07. The average Bonchev–Trinajstić information content (AvgIpc) is 3.09. The van der Waals surface area contributed by atoms with Crippen LogP contribution in [-0.2, 0) is 6.54 Å². The van der Waals surface area contributed by atoms with Crippen LogP contribution in [0.5, 0.6) is 0 Å². The third-order valence-electron chi connectivity index (χ3n) is 3.20. The number of carbonyl (C=O) groups excluding carboxylic acids is 1. The van der Waals surface area contributed by atoms with Crippen LogP contribution in [0.25, 0.3) is 0 Å². The van der Waals surface area contributed by atoms with E-state index in [0.717, 1.165) is 17.9 Å². The van der Waals surface area contributed by atoms with Crippen LogP contribution in [-0.4, -0.2) is 5.91 Å². The molecule has 0 bridgehead atoms. The molecule has 4 heteroatoms. The summed E-state index contributed by atoms with van der Waals surface area (Å²) in [6.07, 6.45) is 0. The number of anilines is 2. The molecule has 0 atom stereocenters. The largest absolute Gasteiger partial charge is 0.381 e. The Hall–Kier alpha value is -2.59. The maximum absolute atomic E-state index is 12.0. The quantitative estimate of drug-likeness (QED) is 0.722. The normalized spacial score (nSPS) is 10.2. The first-order valence-electron chi connectivity index (χ1n) is 7.04. The zero-order chi connectivity index (χ0) is 15.2. The Morgan fingerprint density at radius 2 is 1.73 bits per heavy atom. The summed E-state index contributed by atoms with van der Waals surface area (Å²) in [5, 5.41) is 8.17.